The van der Waals surface area contributed by atoms with E-state index in [1.165, 1.54) is 0 Å². The van der Waals surface area contributed by atoms with Crippen LogP contribution in [-0.4, -0.2) is 43.8 Å². The lowest BCUT2D eigenvalue weighted by Crippen LogP contribution is -2.34. The second-order valence-electron chi connectivity index (χ2n) is 7.14. The number of carbonyl (C=O) groups excluding carboxylic acids is 3. The molecule has 0 aliphatic heterocycles. The highest BCUT2D eigenvalue weighted by atomic mass is 16.2. The maximum absolute atomic E-state index is 11.7. The van der Waals surface area contributed by atoms with Crippen molar-refractivity contribution in [2.24, 2.45) is 0 Å². The summed E-state index contributed by atoms with van der Waals surface area (Å²) in [6.45, 7) is 6.75. The van der Waals surface area contributed by atoms with E-state index in [9.17, 15) is 14.4 Å². The molecule has 0 bridgehead atoms. The summed E-state index contributed by atoms with van der Waals surface area (Å²) in [5, 5.41) is 8.90. The van der Waals surface area contributed by atoms with E-state index >= 15 is 0 Å². The largest absolute Gasteiger partial charge is 0.356 e. The molecular weight excluding hydrogens is 342 g/mol. The third-order valence-corrected chi connectivity index (χ3v) is 4.35. The summed E-state index contributed by atoms with van der Waals surface area (Å²) in [5.74, 6) is 0.523. The molecular formula is C21H41N3O3. The Balaban J connectivity index is 3.33. The first-order valence-electron chi connectivity index (χ1n) is 10.9. The second-order valence-corrected chi connectivity index (χ2v) is 7.14. The lowest BCUT2D eigenvalue weighted by Gasteiger charge is -2.07. The fraction of sp³-hybridized carbons (Fsp3) is 0.857. The van der Waals surface area contributed by atoms with Crippen LogP contribution in [0.1, 0.15) is 90.9 Å². The highest BCUT2D eigenvalue weighted by Gasteiger charge is 2.03. The maximum Gasteiger partial charge on any atom is 0.233 e. The van der Waals surface area contributed by atoms with Crippen LogP contribution in [0, 0.1) is 0 Å². The van der Waals surface area contributed by atoms with Crippen molar-refractivity contribution < 1.29 is 14.4 Å². The summed E-state index contributed by atoms with van der Waals surface area (Å²) in [6, 6.07) is 0. The van der Waals surface area contributed by atoms with E-state index in [4.69, 9.17) is 0 Å². The van der Waals surface area contributed by atoms with Crippen molar-refractivity contribution >= 4 is 17.6 Å². The van der Waals surface area contributed by atoms with E-state index in [2.05, 4.69) is 22.9 Å². The molecule has 0 aliphatic carbocycles. The van der Waals surface area contributed by atoms with Gasteiger partial charge in [-0.3, -0.25) is 14.4 Å². The highest BCUT2D eigenvalue weighted by Crippen LogP contribution is 2.05. The van der Waals surface area contributed by atoms with E-state index in [-0.39, 0.29) is 11.8 Å². The van der Waals surface area contributed by atoms with Gasteiger partial charge in [0, 0.05) is 32.4 Å². The molecule has 2 amide bonds. The number of hydrogen-bond acceptors (Lipinski definition) is 4. The van der Waals surface area contributed by atoms with Crippen LogP contribution in [0.3, 0.4) is 0 Å². The summed E-state index contributed by atoms with van der Waals surface area (Å²) < 4.78 is 0. The fourth-order valence-corrected chi connectivity index (χ4v) is 2.78. The Bertz CT molecular complexity index is 400. The van der Waals surface area contributed by atoms with E-state index in [1.54, 1.807) is 0 Å². The number of nitrogens with one attached hydrogen (secondary N) is 3. The molecule has 27 heavy (non-hydrogen) atoms. The van der Waals surface area contributed by atoms with Gasteiger partial charge in [-0.25, -0.2) is 0 Å². The van der Waals surface area contributed by atoms with Crippen LogP contribution < -0.4 is 16.0 Å². The molecule has 6 nitrogen and oxygen atoms in total. The second kappa shape index (κ2) is 19.3. The summed E-state index contributed by atoms with van der Waals surface area (Å²) in [5.41, 5.74) is 0. The molecule has 0 aliphatic rings. The van der Waals surface area contributed by atoms with Gasteiger partial charge in [0.05, 0.1) is 6.54 Å². The molecule has 0 aromatic carbocycles. The van der Waals surface area contributed by atoms with Gasteiger partial charge < -0.3 is 16.0 Å². The van der Waals surface area contributed by atoms with Crippen molar-refractivity contribution in [3.8, 4) is 0 Å². The van der Waals surface area contributed by atoms with Crippen molar-refractivity contribution in [2.45, 2.75) is 90.9 Å². The van der Waals surface area contributed by atoms with Crippen molar-refractivity contribution in [1.29, 1.82) is 0 Å². The highest BCUT2D eigenvalue weighted by molar-refractivity contribution is 5.78. The molecule has 0 rings (SSSR count). The molecule has 158 valence electrons. The maximum atomic E-state index is 11.7. The van der Waals surface area contributed by atoms with Crippen LogP contribution in [0.5, 0.6) is 0 Å². The average Bonchev–Trinajstić information content (AvgIpc) is 2.64. The summed E-state index contributed by atoms with van der Waals surface area (Å²) in [4.78, 5) is 34.6. The van der Waals surface area contributed by atoms with Gasteiger partial charge in [-0.05, 0) is 45.1 Å². The first-order valence-corrected chi connectivity index (χ1v) is 10.9. The predicted octanol–water partition coefficient (Wildman–Crippen LogP) is 3.10. The molecule has 0 radical (unpaired) electrons. The molecule has 0 saturated carbocycles. The predicted molar refractivity (Wildman–Crippen MR) is 111 cm³/mol. The number of rotatable bonds is 19. The monoisotopic (exact) mass is 383 g/mol. The van der Waals surface area contributed by atoms with E-state index in [0.717, 1.165) is 70.9 Å². The first kappa shape index (κ1) is 25.6. The molecule has 3 N–H and O–H groups in total. The van der Waals surface area contributed by atoms with E-state index < -0.39 is 0 Å². The van der Waals surface area contributed by atoms with Crippen LogP contribution in [-0.2, 0) is 14.4 Å². The summed E-state index contributed by atoms with van der Waals surface area (Å²) in [7, 11) is 0. The third kappa shape index (κ3) is 19.1. The van der Waals surface area contributed by atoms with Gasteiger partial charge in [0.25, 0.3) is 0 Å². The summed E-state index contributed by atoms with van der Waals surface area (Å²) in [6.07, 6.45) is 10.7. The van der Waals surface area contributed by atoms with Crippen LogP contribution in [0.4, 0.5) is 0 Å². The standard InChI is InChI=1S/C21H41N3O3/c1-3-12-19(25)13-8-5-6-10-16-23-20(26)14-9-7-11-17-24-21(27)18-22-15-4-2/h22H,3-18H2,1-2H3,(H,23,26)(H,24,27). The minimum atomic E-state index is 0.0379. The molecule has 0 fully saturated rings. The minimum Gasteiger partial charge on any atom is -0.356 e. The summed E-state index contributed by atoms with van der Waals surface area (Å²) >= 11 is 0. The number of ketones is 1. The molecule has 0 saturated heterocycles. The number of unbranched alkanes of at least 4 members (excludes halogenated alkanes) is 5. The zero-order chi connectivity index (χ0) is 20.2. The lowest BCUT2D eigenvalue weighted by atomic mass is 10.1. The topological polar surface area (TPSA) is 87.3 Å². The van der Waals surface area contributed by atoms with Gasteiger partial charge in [-0.1, -0.05) is 33.1 Å². The average molecular weight is 384 g/mol. The van der Waals surface area contributed by atoms with Gasteiger partial charge in [-0.2, -0.15) is 0 Å². The Morgan fingerprint density at radius 2 is 1.19 bits per heavy atom. The Labute approximate surface area is 165 Å². The first-order chi connectivity index (χ1) is 13.1. The molecule has 0 aromatic heterocycles. The smallest absolute Gasteiger partial charge is 0.233 e. The fourth-order valence-electron chi connectivity index (χ4n) is 2.78. The van der Waals surface area contributed by atoms with Crippen LogP contribution >= 0.6 is 0 Å². The van der Waals surface area contributed by atoms with Gasteiger partial charge in [0.15, 0.2) is 0 Å². The zero-order valence-electron chi connectivity index (χ0n) is 17.5. The Morgan fingerprint density at radius 1 is 0.593 bits per heavy atom. The van der Waals surface area contributed by atoms with Crippen molar-refractivity contribution in [1.82, 2.24) is 16.0 Å². The number of Topliss-reactive ketones (excluding diaryl/α,β-unsaturated/α-hetero) is 1. The Morgan fingerprint density at radius 3 is 1.85 bits per heavy atom. The van der Waals surface area contributed by atoms with Crippen LogP contribution in [0.15, 0.2) is 0 Å². The quantitative estimate of drug-likeness (QED) is 0.299. The normalized spacial score (nSPS) is 10.6. The van der Waals surface area contributed by atoms with Crippen LogP contribution in [0.2, 0.25) is 0 Å². The van der Waals surface area contributed by atoms with Gasteiger partial charge in [0.1, 0.15) is 5.78 Å². The van der Waals surface area contributed by atoms with Gasteiger partial charge in [0.2, 0.25) is 11.8 Å². The van der Waals surface area contributed by atoms with Crippen molar-refractivity contribution in [3.63, 3.8) is 0 Å². The number of hydrogen-bond donors (Lipinski definition) is 3. The molecule has 0 spiro atoms. The molecule has 0 atom stereocenters. The lowest BCUT2D eigenvalue weighted by molar-refractivity contribution is -0.121. The molecule has 6 heteroatoms. The SMILES string of the molecule is CCCNCC(=O)NCCCCCC(=O)NCCCCCCC(=O)CCC. The molecule has 0 heterocycles. The van der Waals surface area contributed by atoms with Crippen LogP contribution in [0.25, 0.3) is 0 Å². The minimum absolute atomic E-state index is 0.0379. The van der Waals surface area contributed by atoms with E-state index in [0.29, 0.717) is 38.1 Å². The zero-order valence-corrected chi connectivity index (χ0v) is 17.5. The molecule has 0 aromatic rings. The van der Waals surface area contributed by atoms with Crippen molar-refractivity contribution in [2.75, 3.05) is 26.2 Å². The van der Waals surface area contributed by atoms with Crippen molar-refractivity contribution in [3.05, 3.63) is 0 Å². The van der Waals surface area contributed by atoms with E-state index in [1.807, 2.05) is 6.92 Å². The number of amides is 2. The third-order valence-electron chi connectivity index (χ3n) is 4.35. The van der Waals surface area contributed by atoms with Gasteiger partial charge >= 0.3 is 0 Å². The number of carbonyl (C=O) groups is 3. The molecule has 0 unspecified atom stereocenters. The Hall–Kier alpha value is -1.43. The van der Waals surface area contributed by atoms with Gasteiger partial charge in [-0.15, -0.1) is 0 Å². The Kier molecular flexibility index (Phi) is 18.3.